The number of benzene rings is 2. The Kier molecular flexibility index (Phi) is 5.57. The summed E-state index contributed by atoms with van der Waals surface area (Å²) in [6.45, 7) is 0. The van der Waals surface area contributed by atoms with E-state index in [2.05, 4.69) is 0 Å². The highest BCUT2D eigenvalue weighted by Gasteiger charge is 2.41. The van der Waals surface area contributed by atoms with Crippen LogP contribution in [-0.2, 0) is 0 Å². The molecule has 2 aromatic carbocycles. The maximum Gasteiger partial charge on any atom is 0.341 e. The van der Waals surface area contributed by atoms with Crippen molar-refractivity contribution in [3.8, 4) is 5.69 Å². The lowest BCUT2D eigenvalue weighted by Gasteiger charge is -2.19. The second-order valence-corrected chi connectivity index (χ2v) is 9.01. The molecule has 1 saturated carbocycles. The van der Waals surface area contributed by atoms with E-state index >= 15 is 4.39 Å². The van der Waals surface area contributed by atoms with Gasteiger partial charge in [0.25, 0.3) is 0 Å². The number of rotatable bonds is 4. The van der Waals surface area contributed by atoms with E-state index in [9.17, 15) is 42.6 Å². The molecule has 0 bridgehead atoms. The Balaban J connectivity index is 2.00. The Morgan fingerprint density at radius 2 is 1.38 bits per heavy atom. The van der Waals surface area contributed by atoms with E-state index in [0.29, 0.717) is 22.9 Å². The number of aromatic nitrogens is 2. The SMILES string of the molecule is O=C(O)c1cn(-c2c(F)cc3c(=O)c(C(=O)O)cn(C4CC4F)c3c2Cl)c2c(Cl)c(F)c(F)cc2c1=O. The van der Waals surface area contributed by atoms with E-state index in [1.807, 2.05) is 0 Å². The van der Waals surface area contributed by atoms with Crippen LogP contribution < -0.4 is 10.9 Å². The quantitative estimate of drug-likeness (QED) is 0.277. The van der Waals surface area contributed by atoms with Crippen molar-refractivity contribution in [2.24, 2.45) is 0 Å². The minimum absolute atomic E-state index is 0.0689. The molecule has 2 heterocycles. The van der Waals surface area contributed by atoms with Crippen molar-refractivity contribution in [1.29, 1.82) is 0 Å². The largest absolute Gasteiger partial charge is 0.477 e. The molecule has 2 aromatic heterocycles. The Morgan fingerprint density at radius 1 is 0.865 bits per heavy atom. The van der Waals surface area contributed by atoms with Gasteiger partial charge in [0.2, 0.25) is 10.9 Å². The lowest BCUT2D eigenvalue weighted by atomic mass is 10.1. The van der Waals surface area contributed by atoms with Crippen LogP contribution in [0.2, 0.25) is 10.0 Å². The van der Waals surface area contributed by atoms with Gasteiger partial charge in [0, 0.05) is 18.8 Å². The zero-order chi connectivity index (χ0) is 27.1. The van der Waals surface area contributed by atoms with Crippen LogP contribution in [0, 0.1) is 17.5 Å². The number of nitrogens with zero attached hydrogens (tertiary/aromatic N) is 2. The van der Waals surface area contributed by atoms with Crippen LogP contribution in [-0.4, -0.2) is 37.5 Å². The molecule has 1 aliphatic carbocycles. The van der Waals surface area contributed by atoms with Crippen molar-refractivity contribution in [2.45, 2.75) is 18.6 Å². The molecule has 190 valence electrons. The van der Waals surface area contributed by atoms with Crippen molar-refractivity contribution in [3.63, 3.8) is 0 Å². The summed E-state index contributed by atoms with van der Waals surface area (Å²) in [5, 5.41) is 16.0. The van der Waals surface area contributed by atoms with Gasteiger partial charge < -0.3 is 19.3 Å². The van der Waals surface area contributed by atoms with Gasteiger partial charge in [-0.15, -0.1) is 0 Å². The number of fused-ring (bicyclic) bond motifs is 2. The smallest absolute Gasteiger partial charge is 0.341 e. The highest BCUT2D eigenvalue weighted by Crippen LogP contribution is 2.43. The average Bonchev–Trinajstić information content (AvgIpc) is 3.55. The fraction of sp³-hybridized carbons (Fsp3) is 0.130. The minimum atomic E-state index is -1.79. The topological polar surface area (TPSA) is 119 Å². The zero-order valence-electron chi connectivity index (χ0n) is 17.9. The summed E-state index contributed by atoms with van der Waals surface area (Å²) in [5.74, 6) is -7.98. The number of hydrogen-bond donors (Lipinski definition) is 2. The number of pyridine rings is 2. The first-order chi connectivity index (χ1) is 17.3. The number of carboxylic acid groups (broad SMARTS) is 2. The summed E-state index contributed by atoms with van der Waals surface area (Å²) in [4.78, 5) is 48.7. The van der Waals surface area contributed by atoms with Gasteiger partial charge in [0.15, 0.2) is 11.6 Å². The molecule has 2 atom stereocenters. The molecule has 0 aliphatic heterocycles. The first-order valence-corrected chi connectivity index (χ1v) is 11.0. The molecule has 0 radical (unpaired) electrons. The average molecular weight is 557 g/mol. The normalized spacial score (nSPS) is 16.9. The van der Waals surface area contributed by atoms with Crippen molar-refractivity contribution >= 4 is 56.9 Å². The first kappa shape index (κ1) is 24.8. The van der Waals surface area contributed by atoms with Crippen LogP contribution in [0.5, 0.6) is 0 Å². The number of carboxylic acids is 2. The Hall–Kier alpha value is -3.90. The number of halogens is 6. The van der Waals surface area contributed by atoms with E-state index in [0.717, 1.165) is 10.8 Å². The third-order valence-corrected chi connectivity index (χ3v) is 6.75. The van der Waals surface area contributed by atoms with Crippen LogP contribution in [0.1, 0.15) is 33.2 Å². The van der Waals surface area contributed by atoms with E-state index in [1.165, 1.54) is 0 Å². The van der Waals surface area contributed by atoms with E-state index in [4.69, 9.17) is 23.2 Å². The maximum absolute atomic E-state index is 15.6. The maximum atomic E-state index is 15.6. The van der Waals surface area contributed by atoms with Gasteiger partial charge in [0.05, 0.1) is 32.9 Å². The molecular weight excluding hydrogens is 547 g/mol. The molecule has 0 saturated heterocycles. The molecule has 2 unspecified atom stereocenters. The zero-order valence-corrected chi connectivity index (χ0v) is 19.4. The fourth-order valence-electron chi connectivity index (χ4n) is 4.23. The van der Waals surface area contributed by atoms with Crippen molar-refractivity contribution < 1.29 is 37.4 Å². The highest BCUT2D eigenvalue weighted by molar-refractivity contribution is 6.38. The Bertz CT molecular complexity index is 1850. The van der Waals surface area contributed by atoms with Crippen LogP contribution in [0.15, 0.2) is 34.1 Å². The third-order valence-electron chi connectivity index (χ3n) is 6.05. The predicted molar refractivity (Wildman–Crippen MR) is 124 cm³/mol. The molecule has 0 amide bonds. The van der Waals surface area contributed by atoms with Gasteiger partial charge in [-0.25, -0.2) is 27.2 Å². The molecule has 8 nitrogen and oxygen atoms in total. The lowest BCUT2D eigenvalue weighted by molar-refractivity contribution is 0.0684. The molecule has 37 heavy (non-hydrogen) atoms. The summed E-state index contributed by atoms with van der Waals surface area (Å²) in [7, 11) is 0. The van der Waals surface area contributed by atoms with Gasteiger partial charge in [-0.2, -0.15) is 0 Å². The van der Waals surface area contributed by atoms with Gasteiger partial charge in [-0.3, -0.25) is 9.59 Å². The second-order valence-electron chi connectivity index (χ2n) is 8.25. The van der Waals surface area contributed by atoms with Crippen molar-refractivity contribution in [1.82, 2.24) is 9.13 Å². The van der Waals surface area contributed by atoms with E-state index < -0.39 is 95.6 Å². The van der Waals surface area contributed by atoms with Gasteiger partial charge in [-0.1, -0.05) is 23.2 Å². The second kappa shape index (κ2) is 8.32. The third kappa shape index (κ3) is 3.58. The first-order valence-electron chi connectivity index (χ1n) is 10.3. The van der Waals surface area contributed by atoms with Crippen molar-refractivity contribution in [3.05, 3.63) is 83.6 Å². The molecular formula is C23H10Cl2F4N2O6. The number of alkyl halides is 1. The van der Waals surface area contributed by atoms with Crippen LogP contribution in [0.4, 0.5) is 17.6 Å². The van der Waals surface area contributed by atoms with E-state index in [-0.39, 0.29) is 11.9 Å². The van der Waals surface area contributed by atoms with Crippen LogP contribution in [0.25, 0.3) is 27.5 Å². The summed E-state index contributed by atoms with van der Waals surface area (Å²) in [6, 6.07) is 0.0320. The van der Waals surface area contributed by atoms with Crippen LogP contribution in [0.3, 0.4) is 0 Å². The minimum Gasteiger partial charge on any atom is -0.477 e. The van der Waals surface area contributed by atoms with Gasteiger partial charge in [-0.05, 0) is 12.1 Å². The van der Waals surface area contributed by atoms with Gasteiger partial charge in [0.1, 0.15) is 33.8 Å². The summed E-state index contributed by atoms with van der Waals surface area (Å²) < 4.78 is 59.7. The number of aromatic carboxylic acids is 2. The fourth-order valence-corrected chi connectivity index (χ4v) is 4.89. The highest BCUT2D eigenvalue weighted by atomic mass is 35.5. The molecule has 0 spiro atoms. The monoisotopic (exact) mass is 556 g/mol. The summed E-state index contributed by atoms with van der Waals surface area (Å²) >= 11 is 12.4. The summed E-state index contributed by atoms with van der Waals surface area (Å²) in [5.41, 5.74) is -5.82. The molecule has 2 N–H and O–H groups in total. The van der Waals surface area contributed by atoms with Crippen LogP contribution >= 0.6 is 23.2 Å². The molecule has 1 aliphatic rings. The Morgan fingerprint density at radius 3 is 1.92 bits per heavy atom. The number of carbonyl (C=O) groups is 2. The number of hydrogen-bond acceptors (Lipinski definition) is 4. The predicted octanol–water partition coefficient (Wildman–Crippen LogP) is 4.71. The van der Waals surface area contributed by atoms with E-state index in [1.54, 1.807) is 0 Å². The lowest BCUT2D eigenvalue weighted by Crippen LogP contribution is -2.21. The summed E-state index contributed by atoms with van der Waals surface area (Å²) in [6.07, 6.45) is -0.0649. The molecule has 1 fully saturated rings. The standard InChI is InChI=1S/C23H10Cl2F4N2O6/c24-14-16(29)11(27)1-6-17(14)31(5-9(20(6)32)23(36)37)19-12(28)2-7-18(15(19)25)30(13-3-10(13)26)4-8(21(7)33)22(34)35/h1-2,4-5,10,13H,3H2,(H,34,35)(H,36,37). The molecule has 4 aromatic rings. The van der Waals surface area contributed by atoms with Gasteiger partial charge >= 0.3 is 11.9 Å². The molecule has 14 heteroatoms. The Labute approximate surface area is 211 Å². The van der Waals surface area contributed by atoms with Crippen molar-refractivity contribution in [2.75, 3.05) is 0 Å². The molecule has 5 rings (SSSR count).